The normalized spacial score (nSPS) is 14.6. The lowest BCUT2D eigenvalue weighted by atomic mass is 9.97. The maximum Gasteiger partial charge on any atom is 0.269 e. The number of nitro groups is 1. The molecule has 10 nitrogen and oxygen atoms in total. The Kier molecular flexibility index (Phi) is 5.79. The highest BCUT2D eigenvalue weighted by atomic mass is 16.6. The zero-order chi connectivity index (χ0) is 22.0. The summed E-state index contributed by atoms with van der Waals surface area (Å²) in [7, 11) is 3.78. The quantitative estimate of drug-likeness (QED) is 0.434. The molecule has 0 radical (unpaired) electrons. The van der Waals surface area contributed by atoms with Crippen LogP contribution in [0.1, 0.15) is 37.3 Å². The van der Waals surface area contributed by atoms with Crippen molar-refractivity contribution in [2.75, 3.05) is 37.0 Å². The highest BCUT2D eigenvalue weighted by molar-refractivity contribution is 5.60. The molecule has 10 heteroatoms. The third kappa shape index (κ3) is 4.47. The van der Waals surface area contributed by atoms with Gasteiger partial charge in [-0.2, -0.15) is 4.98 Å². The summed E-state index contributed by atoms with van der Waals surface area (Å²) in [5, 5.41) is 14.9. The van der Waals surface area contributed by atoms with E-state index in [2.05, 4.69) is 26.9 Å². The van der Waals surface area contributed by atoms with Crippen molar-refractivity contribution in [3.05, 3.63) is 52.0 Å². The van der Waals surface area contributed by atoms with Crippen LogP contribution in [0, 0.1) is 10.1 Å². The van der Waals surface area contributed by atoms with Crippen LogP contribution in [-0.4, -0.2) is 52.2 Å². The van der Waals surface area contributed by atoms with Crippen molar-refractivity contribution >= 4 is 17.5 Å². The number of non-ortho nitro benzene ring substituents is 1. The largest absolute Gasteiger partial charge is 0.356 e. The first-order valence-corrected chi connectivity index (χ1v) is 10.3. The Labute approximate surface area is 180 Å². The summed E-state index contributed by atoms with van der Waals surface area (Å²) in [5.74, 6) is 2.97. The molecule has 31 heavy (non-hydrogen) atoms. The van der Waals surface area contributed by atoms with Gasteiger partial charge in [0, 0.05) is 62.6 Å². The fourth-order valence-electron chi connectivity index (χ4n) is 3.62. The van der Waals surface area contributed by atoms with E-state index in [-0.39, 0.29) is 11.6 Å². The Hall–Kier alpha value is -3.56. The molecule has 0 amide bonds. The summed E-state index contributed by atoms with van der Waals surface area (Å²) in [6.45, 7) is 3.70. The molecule has 2 aromatic heterocycles. The van der Waals surface area contributed by atoms with Gasteiger partial charge in [0.05, 0.1) is 4.92 Å². The number of piperidine rings is 1. The predicted molar refractivity (Wildman–Crippen MR) is 116 cm³/mol. The molecule has 0 saturated carbocycles. The Morgan fingerprint density at radius 2 is 1.87 bits per heavy atom. The third-order valence-corrected chi connectivity index (χ3v) is 5.46. The van der Waals surface area contributed by atoms with Crippen LogP contribution < -0.4 is 9.80 Å². The predicted octanol–water partition coefficient (Wildman–Crippen LogP) is 3.45. The number of nitro benzene ring substituents is 1. The SMILES string of the molecule is CCc1cc(N2CCC(c3nc(N(C)C)no3)CC2)nc(-c2ccc([N+](=O)[O-])cc2)n1. The van der Waals surface area contributed by atoms with E-state index in [1.165, 1.54) is 12.1 Å². The van der Waals surface area contributed by atoms with Gasteiger partial charge in [0.1, 0.15) is 5.82 Å². The molecule has 1 saturated heterocycles. The van der Waals surface area contributed by atoms with Crippen molar-refractivity contribution in [2.24, 2.45) is 0 Å². The minimum Gasteiger partial charge on any atom is -0.356 e. The first-order chi connectivity index (χ1) is 14.9. The molecule has 3 heterocycles. The lowest BCUT2D eigenvalue weighted by Crippen LogP contribution is -2.33. The first-order valence-electron chi connectivity index (χ1n) is 10.3. The van der Waals surface area contributed by atoms with E-state index in [9.17, 15) is 10.1 Å². The number of aromatic nitrogens is 4. The molecule has 0 atom stereocenters. The molecule has 1 fully saturated rings. The summed E-state index contributed by atoms with van der Waals surface area (Å²) in [6, 6.07) is 8.37. The first kappa shape index (κ1) is 20.7. The molecule has 162 valence electrons. The van der Waals surface area contributed by atoms with Crippen LogP contribution in [0.15, 0.2) is 34.9 Å². The number of anilines is 2. The number of benzene rings is 1. The second-order valence-corrected chi connectivity index (χ2v) is 7.79. The van der Waals surface area contributed by atoms with Gasteiger partial charge in [-0.15, -0.1) is 0 Å². The summed E-state index contributed by atoms with van der Waals surface area (Å²) in [6.07, 6.45) is 2.57. The minimum atomic E-state index is -0.409. The van der Waals surface area contributed by atoms with E-state index < -0.39 is 4.92 Å². The number of nitrogens with zero attached hydrogens (tertiary/aromatic N) is 7. The van der Waals surface area contributed by atoms with Crippen LogP contribution in [0.3, 0.4) is 0 Å². The van der Waals surface area contributed by atoms with Gasteiger partial charge >= 0.3 is 0 Å². The lowest BCUT2D eigenvalue weighted by Gasteiger charge is -2.31. The van der Waals surface area contributed by atoms with Gasteiger partial charge in [-0.05, 0) is 36.6 Å². The van der Waals surface area contributed by atoms with Crippen LogP contribution in [-0.2, 0) is 6.42 Å². The maximum atomic E-state index is 10.9. The van der Waals surface area contributed by atoms with Gasteiger partial charge in [0.15, 0.2) is 5.82 Å². The molecule has 0 bridgehead atoms. The van der Waals surface area contributed by atoms with Gasteiger partial charge in [-0.1, -0.05) is 6.92 Å². The van der Waals surface area contributed by atoms with E-state index >= 15 is 0 Å². The topological polar surface area (TPSA) is 114 Å². The van der Waals surface area contributed by atoms with Crippen LogP contribution in [0.25, 0.3) is 11.4 Å². The van der Waals surface area contributed by atoms with Gasteiger partial charge in [0.25, 0.3) is 11.6 Å². The Morgan fingerprint density at radius 1 is 1.16 bits per heavy atom. The van der Waals surface area contributed by atoms with Crippen LogP contribution in [0.5, 0.6) is 0 Å². The molecule has 0 unspecified atom stereocenters. The van der Waals surface area contributed by atoms with Crippen molar-refractivity contribution in [3.8, 4) is 11.4 Å². The zero-order valence-corrected chi connectivity index (χ0v) is 17.9. The Morgan fingerprint density at radius 3 is 2.45 bits per heavy atom. The van der Waals surface area contributed by atoms with Gasteiger partial charge in [-0.25, -0.2) is 9.97 Å². The van der Waals surface area contributed by atoms with E-state index in [1.807, 2.05) is 25.1 Å². The van der Waals surface area contributed by atoms with Crippen LogP contribution >= 0.6 is 0 Å². The minimum absolute atomic E-state index is 0.0520. The molecule has 1 aromatic carbocycles. The number of aryl methyl sites for hydroxylation is 1. The molecule has 1 aliphatic heterocycles. The smallest absolute Gasteiger partial charge is 0.269 e. The van der Waals surface area contributed by atoms with E-state index in [0.29, 0.717) is 17.7 Å². The summed E-state index contributed by atoms with van der Waals surface area (Å²) >= 11 is 0. The van der Waals surface area contributed by atoms with Crippen molar-refractivity contribution in [3.63, 3.8) is 0 Å². The van der Waals surface area contributed by atoms with Crippen molar-refractivity contribution < 1.29 is 9.45 Å². The molecule has 0 spiro atoms. The summed E-state index contributed by atoms with van der Waals surface area (Å²) < 4.78 is 5.45. The maximum absolute atomic E-state index is 10.9. The van der Waals surface area contributed by atoms with E-state index in [4.69, 9.17) is 9.51 Å². The number of hydrogen-bond acceptors (Lipinski definition) is 9. The van der Waals surface area contributed by atoms with E-state index in [0.717, 1.165) is 49.4 Å². The van der Waals surface area contributed by atoms with Crippen LogP contribution in [0.2, 0.25) is 0 Å². The fourth-order valence-corrected chi connectivity index (χ4v) is 3.62. The third-order valence-electron chi connectivity index (χ3n) is 5.46. The second-order valence-electron chi connectivity index (χ2n) is 7.79. The fraction of sp³-hybridized carbons (Fsp3) is 0.429. The average molecular weight is 423 g/mol. The van der Waals surface area contributed by atoms with Crippen molar-refractivity contribution in [1.82, 2.24) is 20.1 Å². The number of rotatable bonds is 6. The second kappa shape index (κ2) is 8.66. The lowest BCUT2D eigenvalue weighted by molar-refractivity contribution is -0.384. The zero-order valence-electron chi connectivity index (χ0n) is 17.9. The monoisotopic (exact) mass is 423 g/mol. The van der Waals surface area contributed by atoms with E-state index in [1.54, 1.807) is 12.1 Å². The molecule has 4 rings (SSSR count). The van der Waals surface area contributed by atoms with Gasteiger partial charge in [0.2, 0.25) is 5.89 Å². The van der Waals surface area contributed by atoms with Gasteiger partial charge < -0.3 is 14.3 Å². The Balaban J connectivity index is 1.51. The van der Waals surface area contributed by atoms with Gasteiger partial charge in [-0.3, -0.25) is 10.1 Å². The molecule has 3 aromatic rings. The molecular weight excluding hydrogens is 398 g/mol. The van der Waals surface area contributed by atoms with Crippen molar-refractivity contribution in [2.45, 2.75) is 32.1 Å². The highest BCUT2D eigenvalue weighted by Gasteiger charge is 2.26. The highest BCUT2D eigenvalue weighted by Crippen LogP contribution is 2.31. The Bertz CT molecular complexity index is 1060. The standard InChI is InChI=1S/C21H25N7O3/c1-4-16-13-18(23-19(22-16)14-5-7-17(8-6-14)28(29)30)27-11-9-15(10-12-27)20-24-21(25-31-20)26(2)3/h5-8,13,15H,4,9-12H2,1-3H3. The molecule has 0 N–H and O–H groups in total. The van der Waals surface area contributed by atoms with Crippen LogP contribution in [0.4, 0.5) is 17.5 Å². The summed E-state index contributed by atoms with van der Waals surface area (Å²) in [5.41, 5.74) is 1.75. The van der Waals surface area contributed by atoms with Crippen molar-refractivity contribution in [1.29, 1.82) is 0 Å². The number of hydrogen-bond donors (Lipinski definition) is 0. The summed E-state index contributed by atoms with van der Waals surface area (Å²) in [4.78, 5) is 28.5. The molecular formula is C21H25N7O3. The average Bonchev–Trinajstić information content (AvgIpc) is 3.30. The molecule has 1 aliphatic rings. The molecule has 0 aliphatic carbocycles.